The van der Waals surface area contributed by atoms with Gasteiger partial charge in [0.1, 0.15) is 0 Å². The van der Waals surface area contributed by atoms with Crippen LogP contribution in [0.25, 0.3) is 10.2 Å². The Hall–Kier alpha value is -2.35. The summed E-state index contributed by atoms with van der Waals surface area (Å²) in [6.45, 7) is 5.75. The van der Waals surface area contributed by atoms with Gasteiger partial charge < -0.3 is 14.4 Å². The number of rotatable bonds is 6. The van der Waals surface area contributed by atoms with E-state index in [9.17, 15) is 4.79 Å². The summed E-state index contributed by atoms with van der Waals surface area (Å²) in [6.07, 6.45) is 0.290. The van der Waals surface area contributed by atoms with E-state index in [2.05, 4.69) is 30.9 Å². The van der Waals surface area contributed by atoms with Crippen LogP contribution in [0, 0.1) is 13.8 Å². The Labute approximate surface area is 186 Å². The lowest BCUT2D eigenvalue weighted by molar-refractivity contribution is -0.118. The Kier molecular flexibility index (Phi) is 6.85. The number of amides is 1. The molecule has 0 saturated carbocycles. The van der Waals surface area contributed by atoms with Crippen LogP contribution < -0.4 is 14.4 Å². The van der Waals surface area contributed by atoms with Gasteiger partial charge in [-0.3, -0.25) is 9.69 Å². The van der Waals surface area contributed by atoms with E-state index >= 15 is 0 Å². The first-order valence-corrected chi connectivity index (χ1v) is 10.4. The number of nitrogens with zero attached hydrogens (tertiary/aromatic N) is 3. The first kappa shape index (κ1) is 22.3. The molecule has 4 rings (SSSR count). The SMILES string of the molecule is Cc1ccc2sc(N(CCN(C)C)C(=O)Cc3ccc4c(c3)OCO4)nc2c1C.Cl. The minimum absolute atomic E-state index is 0. The van der Waals surface area contributed by atoms with Crippen LogP contribution in [0.3, 0.4) is 0 Å². The fraction of sp³-hybridized carbons (Fsp3) is 0.364. The predicted molar refractivity (Wildman–Crippen MR) is 124 cm³/mol. The Morgan fingerprint density at radius 1 is 1.10 bits per heavy atom. The lowest BCUT2D eigenvalue weighted by Gasteiger charge is -2.22. The molecule has 6 nitrogen and oxygen atoms in total. The van der Waals surface area contributed by atoms with Crippen molar-refractivity contribution in [3.05, 3.63) is 47.0 Å². The maximum absolute atomic E-state index is 13.3. The van der Waals surface area contributed by atoms with Gasteiger partial charge in [0, 0.05) is 13.1 Å². The summed E-state index contributed by atoms with van der Waals surface area (Å²) in [4.78, 5) is 22.0. The summed E-state index contributed by atoms with van der Waals surface area (Å²) < 4.78 is 11.9. The Morgan fingerprint density at radius 2 is 1.87 bits per heavy atom. The smallest absolute Gasteiger partial charge is 0.233 e. The number of halogens is 1. The van der Waals surface area contributed by atoms with E-state index in [1.165, 1.54) is 11.1 Å². The van der Waals surface area contributed by atoms with E-state index in [0.717, 1.165) is 33.2 Å². The number of hydrogen-bond donors (Lipinski definition) is 0. The number of anilines is 1. The highest BCUT2D eigenvalue weighted by Crippen LogP contribution is 2.34. The Balaban J connectivity index is 0.00000256. The molecule has 2 aromatic carbocycles. The largest absolute Gasteiger partial charge is 0.454 e. The molecule has 0 radical (unpaired) electrons. The second-order valence-corrected chi connectivity index (χ2v) is 8.57. The molecule has 3 aromatic rings. The van der Waals surface area contributed by atoms with Gasteiger partial charge in [-0.2, -0.15) is 0 Å². The highest BCUT2D eigenvalue weighted by molar-refractivity contribution is 7.22. The van der Waals surface area contributed by atoms with Crippen molar-refractivity contribution in [1.82, 2.24) is 9.88 Å². The van der Waals surface area contributed by atoms with Crippen LogP contribution in [-0.4, -0.2) is 49.8 Å². The molecule has 1 aromatic heterocycles. The minimum Gasteiger partial charge on any atom is -0.454 e. The van der Waals surface area contributed by atoms with Gasteiger partial charge in [0.05, 0.1) is 16.6 Å². The summed E-state index contributed by atoms with van der Waals surface area (Å²) in [7, 11) is 4.01. The number of ether oxygens (including phenoxy) is 2. The maximum atomic E-state index is 13.3. The third kappa shape index (κ3) is 4.53. The highest BCUT2D eigenvalue weighted by atomic mass is 35.5. The monoisotopic (exact) mass is 447 g/mol. The van der Waals surface area contributed by atoms with Crippen molar-refractivity contribution in [3.63, 3.8) is 0 Å². The van der Waals surface area contributed by atoms with Crippen molar-refractivity contribution >= 4 is 45.0 Å². The number of thiazole rings is 1. The molecule has 0 bridgehead atoms. The van der Waals surface area contributed by atoms with Crippen molar-refractivity contribution in [2.24, 2.45) is 0 Å². The standard InChI is InChI=1S/C22H25N3O3S.ClH/c1-14-5-8-19-21(15(14)2)23-22(29-19)25(10-9-24(3)4)20(26)12-16-6-7-17-18(11-16)28-13-27-17;/h5-8,11H,9-10,12-13H2,1-4H3;1H. The average molecular weight is 448 g/mol. The molecule has 1 aliphatic heterocycles. The van der Waals surface area contributed by atoms with Gasteiger partial charge in [-0.25, -0.2) is 4.98 Å². The normalized spacial score (nSPS) is 12.3. The Morgan fingerprint density at radius 3 is 2.63 bits per heavy atom. The first-order valence-electron chi connectivity index (χ1n) is 9.63. The van der Waals surface area contributed by atoms with Crippen molar-refractivity contribution < 1.29 is 14.3 Å². The lowest BCUT2D eigenvalue weighted by atomic mass is 10.1. The number of carbonyl (C=O) groups is 1. The van der Waals surface area contributed by atoms with Crippen LogP contribution in [-0.2, 0) is 11.2 Å². The van der Waals surface area contributed by atoms with Crippen LogP contribution in [0.5, 0.6) is 11.5 Å². The molecule has 30 heavy (non-hydrogen) atoms. The number of likely N-dealkylation sites (N-methyl/N-ethyl adjacent to an activating group) is 1. The lowest BCUT2D eigenvalue weighted by Crippen LogP contribution is -2.37. The van der Waals surface area contributed by atoms with E-state index < -0.39 is 0 Å². The van der Waals surface area contributed by atoms with Gasteiger partial charge in [-0.15, -0.1) is 12.4 Å². The first-order chi connectivity index (χ1) is 13.9. The van der Waals surface area contributed by atoms with Gasteiger partial charge in [0.15, 0.2) is 16.6 Å². The quantitative estimate of drug-likeness (QED) is 0.566. The molecular formula is C22H26ClN3O3S. The molecule has 160 valence electrons. The van der Waals surface area contributed by atoms with Crippen molar-refractivity contribution in [1.29, 1.82) is 0 Å². The number of hydrogen-bond acceptors (Lipinski definition) is 6. The zero-order chi connectivity index (χ0) is 20.5. The third-order valence-electron chi connectivity index (χ3n) is 5.17. The van der Waals surface area contributed by atoms with Gasteiger partial charge in [0.2, 0.25) is 12.7 Å². The van der Waals surface area contributed by atoms with Crippen LogP contribution in [0.15, 0.2) is 30.3 Å². The molecule has 0 saturated heterocycles. The molecule has 0 fully saturated rings. The van der Waals surface area contributed by atoms with Crippen LogP contribution >= 0.6 is 23.7 Å². The molecular weight excluding hydrogens is 422 g/mol. The van der Waals surface area contributed by atoms with Crippen molar-refractivity contribution in [2.45, 2.75) is 20.3 Å². The van der Waals surface area contributed by atoms with Gasteiger partial charge >= 0.3 is 0 Å². The van der Waals surface area contributed by atoms with Gasteiger partial charge in [-0.05, 0) is 62.8 Å². The third-order valence-corrected chi connectivity index (χ3v) is 6.21. The van der Waals surface area contributed by atoms with E-state index in [1.54, 1.807) is 11.3 Å². The molecule has 1 amide bonds. The molecule has 8 heteroatoms. The topological polar surface area (TPSA) is 54.9 Å². The summed E-state index contributed by atoms with van der Waals surface area (Å²) >= 11 is 1.57. The number of carbonyl (C=O) groups excluding carboxylic acids is 1. The zero-order valence-electron chi connectivity index (χ0n) is 17.6. The predicted octanol–water partition coefficient (Wildman–Crippen LogP) is 4.20. The number of benzene rings is 2. The second kappa shape index (κ2) is 9.20. The maximum Gasteiger partial charge on any atom is 0.233 e. The van der Waals surface area contributed by atoms with Crippen molar-refractivity contribution in [3.8, 4) is 11.5 Å². The van der Waals surface area contributed by atoms with E-state index in [0.29, 0.717) is 12.3 Å². The summed E-state index contributed by atoms with van der Waals surface area (Å²) in [5.74, 6) is 1.45. The number of aromatic nitrogens is 1. The zero-order valence-corrected chi connectivity index (χ0v) is 19.2. The van der Waals surface area contributed by atoms with E-state index in [-0.39, 0.29) is 31.5 Å². The molecule has 2 heterocycles. The van der Waals surface area contributed by atoms with Crippen LogP contribution in [0.4, 0.5) is 5.13 Å². The van der Waals surface area contributed by atoms with E-state index in [4.69, 9.17) is 14.5 Å². The molecule has 0 unspecified atom stereocenters. The van der Waals surface area contributed by atoms with Crippen LogP contribution in [0.1, 0.15) is 16.7 Å². The minimum atomic E-state index is 0. The number of fused-ring (bicyclic) bond motifs is 2. The molecule has 0 N–H and O–H groups in total. The van der Waals surface area contributed by atoms with E-state index in [1.807, 2.05) is 37.2 Å². The fourth-order valence-corrected chi connectivity index (χ4v) is 4.35. The Bertz CT molecular complexity index is 1070. The molecule has 0 aliphatic carbocycles. The van der Waals surface area contributed by atoms with Crippen molar-refractivity contribution in [2.75, 3.05) is 38.9 Å². The summed E-state index contributed by atoms with van der Waals surface area (Å²) in [5.41, 5.74) is 4.26. The number of aryl methyl sites for hydroxylation is 2. The van der Waals surface area contributed by atoms with Gasteiger partial charge in [-0.1, -0.05) is 23.5 Å². The fourth-order valence-electron chi connectivity index (χ4n) is 3.28. The molecule has 0 atom stereocenters. The molecule has 0 spiro atoms. The molecule has 1 aliphatic rings. The second-order valence-electron chi connectivity index (χ2n) is 7.56. The summed E-state index contributed by atoms with van der Waals surface area (Å²) in [5, 5.41) is 0.751. The van der Waals surface area contributed by atoms with Gasteiger partial charge in [0.25, 0.3) is 0 Å². The average Bonchev–Trinajstić information content (AvgIpc) is 3.31. The summed E-state index contributed by atoms with van der Waals surface area (Å²) in [6, 6.07) is 9.86. The highest BCUT2D eigenvalue weighted by Gasteiger charge is 2.22. The van der Waals surface area contributed by atoms with Crippen LogP contribution in [0.2, 0.25) is 0 Å².